The van der Waals surface area contributed by atoms with Gasteiger partial charge < -0.3 is 14.5 Å². The van der Waals surface area contributed by atoms with E-state index in [4.69, 9.17) is 14.7 Å². The fourth-order valence-corrected chi connectivity index (χ4v) is 1.41. The smallest absolute Gasteiger partial charge is 0.311 e. The average Bonchev–Trinajstić information content (AvgIpc) is 2.35. The summed E-state index contributed by atoms with van der Waals surface area (Å²) >= 11 is 0. The van der Waals surface area contributed by atoms with Gasteiger partial charge in [-0.15, -0.1) is 0 Å². The molecule has 1 aromatic heterocycles. The number of aromatic nitrogens is 1. The standard InChI is InChI=1S/C15H23BN2O3/c1-10(2)20-13-11(8-17)7-12(9-18-13)16-21-15(5,6)14(3,4)19/h7,9-10,16,19H,1-6H3. The van der Waals surface area contributed by atoms with Crippen molar-refractivity contribution in [3.8, 4) is 11.9 Å². The summed E-state index contributed by atoms with van der Waals surface area (Å²) in [6.45, 7) is 10.8. The molecule has 0 saturated heterocycles. The van der Waals surface area contributed by atoms with Crippen LogP contribution in [0.3, 0.4) is 0 Å². The number of rotatable bonds is 6. The van der Waals surface area contributed by atoms with E-state index in [1.807, 2.05) is 27.7 Å². The molecule has 0 aliphatic heterocycles. The number of aliphatic hydroxyl groups is 1. The van der Waals surface area contributed by atoms with E-state index in [9.17, 15) is 5.11 Å². The van der Waals surface area contributed by atoms with Crippen LogP contribution in [-0.2, 0) is 4.65 Å². The van der Waals surface area contributed by atoms with Gasteiger partial charge in [0.15, 0.2) is 0 Å². The van der Waals surface area contributed by atoms with Gasteiger partial charge in [0.2, 0.25) is 5.88 Å². The highest BCUT2D eigenvalue weighted by Gasteiger charge is 2.35. The maximum Gasteiger partial charge on any atom is 0.311 e. The molecule has 0 fully saturated rings. The zero-order valence-corrected chi connectivity index (χ0v) is 13.6. The number of hydrogen-bond acceptors (Lipinski definition) is 5. The first-order valence-electron chi connectivity index (χ1n) is 6.99. The van der Waals surface area contributed by atoms with Gasteiger partial charge in [0.25, 0.3) is 0 Å². The van der Waals surface area contributed by atoms with E-state index in [2.05, 4.69) is 11.1 Å². The van der Waals surface area contributed by atoms with Crippen LogP contribution >= 0.6 is 0 Å². The third-order valence-electron chi connectivity index (χ3n) is 3.45. The number of nitriles is 1. The summed E-state index contributed by atoms with van der Waals surface area (Å²) in [5.74, 6) is 0.331. The molecule has 0 unspecified atom stereocenters. The van der Waals surface area contributed by atoms with Crippen LogP contribution in [0.2, 0.25) is 0 Å². The Labute approximate surface area is 127 Å². The molecular formula is C15H23BN2O3. The molecule has 0 aliphatic rings. The molecule has 0 spiro atoms. The number of ether oxygens (including phenoxy) is 1. The van der Waals surface area contributed by atoms with E-state index in [-0.39, 0.29) is 13.6 Å². The Morgan fingerprint density at radius 2 is 1.95 bits per heavy atom. The van der Waals surface area contributed by atoms with E-state index in [0.717, 1.165) is 5.46 Å². The summed E-state index contributed by atoms with van der Waals surface area (Å²) in [6.07, 6.45) is 1.58. The highest BCUT2D eigenvalue weighted by Crippen LogP contribution is 2.24. The van der Waals surface area contributed by atoms with Gasteiger partial charge in [0.05, 0.1) is 17.3 Å². The lowest BCUT2D eigenvalue weighted by Gasteiger charge is -2.37. The Hall–Kier alpha value is -1.58. The van der Waals surface area contributed by atoms with Crippen molar-refractivity contribution in [3.05, 3.63) is 17.8 Å². The average molecular weight is 290 g/mol. The molecule has 0 radical (unpaired) electrons. The predicted octanol–water partition coefficient (Wildman–Crippen LogP) is 1.28. The quantitative estimate of drug-likeness (QED) is 0.799. The van der Waals surface area contributed by atoms with E-state index < -0.39 is 11.2 Å². The number of nitrogens with zero attached hydrogens (tertiary/aromatic N) is 2. The van der Waals surface area contributed by atoms with Gasteiger partial charge in [0, 0.05) is 6.20 Å². The van der Waals surface area contributed by atoms with Crippen molar-refractivity contribution >= 4 is 12.9 Å². The number of pyridine rings is 1. The van der Waals surface area contributed by atoms with Crippen molar-refractivity contribution in [2.24, 2.45) is 0 Å². The first-order chi connectivity index (χ1) is 9.56. The minimum atomic E-state index is -0.973. The molecule has 1 rings (SSSR count). The van der Waals surface area contributed by atoms with E-state index in [1.165, 1.54) is 0 Å². The number of hydrogen-bond donors (Lipinski definition) is 1. The van der Waals surface area contributed by atoms with Crippen LogP contribution in [-0.4, -0.2) is 34.9 Å². The molecule has 0 atom stereocenters. The van der Waals surface area contributed by atoms with Gasteiger partial charge in [-0.2, -0.15) is 5.26 Å². The molecule has 1 aromatic rings. The molecule has 114 valence electrons. The Kier molecular flexibility index (Phi) is 5.38. The highest BCUT2D eigenvalue weighted by molar-refractivity contribution is 6.47. The maximum atomic E-state index is 10.1. The Morgan fingerprint density at radius 3 is 2.43 bits per heavy atom. The van der Waals surface area contributed by atoms with Crippen LogP contribution in [0.15, 0.2) is 12.3 Å². The zero-order valence-electron chi connectivity index (χ0n) is 13.6. The predicted molar refractivity (Wildman–Crippen MR) is 83.0 cm³/mol. The van der Waals surface area contributed by atoms with E-state index >= 15 is 0 Å². The fourth-order valence-electron chi connectivity index (χ4n) is 1.41. The molecule has 21 heavy (non-hydrogen) atoms. The molecule has 1 N–H and O–H groups in total. The normalized spacial score (nSPS) is 12.1. The fraction of sp³-hybridized carbons (Fsp3) is 0.600. The summed E-state index contributed by atoms with van der Waals surface area (Å²) in [5.41, 5.74) is -0.544. The maximum absolute atomic E-state index is 10.1. The van der Waals surface area contributed by atoms with Crippen molar-refractivity contribution in [3.63, 3.8) is 0 Å². The zero-order chi connectivity index (χ0) is 16.3. The molecule has 5 nitrogen and oxygen atoms in total. The molecule has 0 amide bonds. The molecule has 0 saturated carbocycles. The van der Waals surface area contributed by atoms with Crippen LogP contribution in [0, 0.1) is 11.3 Å². The Bertz CT molecular complexity index is 531. The van der Waals surface area contributed by atoms with Gasteiger partial charge in [0.1, 0.15) is 11.6 Å². The SMILES string of the molecule is CC(C)Oc1ncc(BOC(C)(C)C(C)(C)O)cc1C#N. The topological polar surface area (TPSA) is 75.4 Å². The van der Waals surface area contributed by atoms with Crippen molar-refractivity contribution in [1.29, 1.82) is 5.26 Å². The summed E-state index contributed by atoms with van der Waals surface area (Å²) < 4.78 is 11.2. The van der Waals surface area contributed by atoms with Gasteiger partial charge >= 0.3 is 7.48 Å². The summed E-state index contributed by atoms with van der Waals surface area (Å²) in [6, 6.07) is 3.78. The monoisotopic (exact) mass is 290 g/mol. The summed E-state index contributed by atoms with van der Waals surface area (Å²) in [4.78, 5) is 4.17. The van der Waals surface area contributed by atoms with Crippen molar-refractivity contribution < 1.29 is 14.5 Å². The largest absolute Gasteiger partial charge is 0.474 e. The molecular weight excluding hydrogens is 267 g/mol. The van der Waals surface area contributed by atoms with Gasteiger partial charge in [-0.05, 0) is 53.1 Å². The van der Waals surface area contributed by atoms with Crippen LogP contribution in [0.1, 0.15) is 47.1 Å². The summed E-state index contributed by atoms with van der Waals surface area (Å²) in [5, 5.41) is 19.2. The van der Waals surface area contributed by atoms with Crippen molar-refractivity contribution in [2.75, 3.05) is 0 Å². The highest BCUT2D eigenvalue weighted by atomic mass is 16.5. The molecule has 0 aliphatic carbocycles. The molecule has 0 bridgehead atoms. The van der Waals surface area contributed by atoms with Gasteiger partial charge in [-0.3, -0.25) is 0 Å². The summed E-state index contributed by atoms with van der Waals surface area (Å²) in [7, 11) is 0.265. The Morgan fingerprint density at radius 1 is 1.33 bits per heavy atom. The van der Waals surface area contributed by atoms with Crippen molar-refractivity contribution in [2.45, 2.75) is 58.8 Å². The van der Waals surface area contributed by atoms with Gasteiger partial charge in [-0.25, -0.2) is 4.98 Å². The Balaban J connectivity index is 2.85. The lowest BCUT2D eigenvalue weighted by Crippen LogP contribution is -2.49. The third-order valence-corrected chi connectivity index (χ3v) is 3.45. The lowest BCUT2D eigenvalue weighted by molar-refractivity contribution is -0.0893. The van der Waals surface area contributed by atoms with Crippen LogP contribution in [0.25, 0.3) is 0 Å². The minimum absolute atomic E-state index is 0.0409. The molecule has 0 aromatic carbocycles. The lowest BCUT2D eigenvalue weighted by atomic mass is 9.83. The minimum Gasteiger partial charge on any atom is -0.474 e. The second kappa shape index (κ2) is 6.46. The third kappa shape index (κ3) is 4.73. The van der Waals surface area contributed by atoms with E-state index in [1.54, 1.807) is 26.1 Å². The van der Waals surface area contributed by atoms with Gasteiger partial charge in [-0.1, -0.05) is 0 Å². The molecule has 1 heterocycles. The first kappa shape index (κ1) is 17.5. The van der Waals surface area contributed by atoms with Crippen molar-refractivity contribution in [1.82, 2.24) is 4.98 Å². The second-order valence-corrected chi connectivity index (χ2v) is 6.33. The second-order valence-electron chi connectivity index (χ2n) is 6.33. The van der Waals surface area contributed by atoms with Crippen LogP contribution < -0.4 is 10.2 Å². The van der Waals surface area contributed by atoms with Crippen LogP contribution in [0.5, 0.6) is 5.88 Å². The van der Waals surface area contributed by atoms with E-state index in [0.29, 0.717) is 11.4 Å². The van der Waals surface area contributed by atoms with Crippen LogP contribution in [0.4, 0.5) is 0 Å². The first-order valence-corrected chi connectivity index (χ1v) is 6.99. The molecule has 6 heteroatoms.